The number of hydrogen-bond donors (Lipinski definition) is 2. The van der Waals surface area contributed by atoms with Crippen LogP contribution in [0.5, 0.6) is 0 Å². The molecule has 0 bridgehead atoms. The van der Waals surface area contributed by atoms with Crippen LogP contribution in [0.25, 0.3) is 0 Å². The molecule has 0 atom stereocenters. The molecule has 7 nitrogen and oxygen atoms in total. The van der Waals surface area contributed by atoms with Gasteiger partial charge < -0.3 is 5.32 Å². The maximum atomic E-state index is 10.9. The molecule has 0 amide bonds. The van der Waals surface area contributed by atoms with Crippen molar-refractivity contribution in [2.45, 2.75) is 0 Å². The Balaban J connectivity index is 1.97. The minimum Gasteiger partial charge on any atom is -0.326 e. The fraction of sp³-hybridized carbons (Fsp3) is 0. The SMILES string of the molecule is O=[N+]([O-])c1ccccc1NC(=S)N/N=C\c1cccnc1. The van der Waals surface area contributed by atoms with Gasteiger partial charge in [0.1, 0.15) is 5.69 Å². The Hall–Kier alpha value is -2.87. The Morgan fingerprint density at radius 2 is 2.14 bits per heavy atom. The largest absolute Gasteiger partial charge is 0.326 e. The Labute approximate surface area is 125 Å². The number of rotatable bonds is 4. The molecule has 106 valence electrons. The lowest BCUT2D eigenvalue weighted by Gasteiger charge is -2.07. The van der Waals surface area contributed by atoms with Crippen molar-refractivity contribution in [2.24, 2.45) is 5.10 Å². The summed E-state index contributed by atoms with van der Waals surface area (Å²) in [4.78, 5) is 14.3. The summed E-state index contributed by atoms with van der Waals surface area (Å²) in [5.41, 5.74) is 3.63. The number of benzene rings is 1. The summed E-state index contributed by atoms with van der Waals surface area (Å²) in [6.07, 6.45) is 4.84. The lowest BCUT2D eigenvalue weighted by atomic mass is 10.3. The summed E-state index contributed by atoms with van der Waals surface area (Å²) in [5, 5.41) is 17.7. The van der Waals surface area contributed by atoms with Crippen LogP contribution in [0.15, 0.2) is 53.9 Å². The standard InChI is InChI=1S/C13H11N5O2S/c19-18(20)12-6-2-1-5-11(12)16-13(21)17-15-9-10-4-3-7-14-8-10/h1-9H,(H2,16,17,21)/b15-9-. The molecule has 1 aromatic heterocycles. The van der Waals surface area contributed by atoms with Crippen molar-refractivity contribution in [2.75, 3.05) is 5.32 Å². The number of para-hydroxylation sites is 2. The number of nitro groups is 1. The molecular weight excluding hydrogens is 290 g/mol. The van der Waals surface area contributed by atoms with Crippen molar-refractivity contribution in [3.8, 4) is 0 Å². The average Bonchev–Trinajstić information content (AvgIpc) is 2.48. The number of hydrogen-bond acceptors (Lipinski definition) is 5. The second kappa shape index (κ2) is 7.06. The number of nitrogens with zero attached hydrogens (tertiary/aromatic N) is 3. The van der Waals surface area contributed by atoms with Crippen LogP contribution in [0.4, 0.5) is 11.4 Å². The highest BCUT2D eigenvalue weighted by Gasteiger charge is 2.12. The van der Waals surface area contributed by atoms with Gasteiger partial charge in [0, 0.05) is 24.0 Å². The third-order valence-electron chi connectivity index (χ3n) is 2.41. The first kappa shape index (κ1) is 14.5. The van der Waals surface area contributed by atoms with E-state index < -0.39 is 4.92 Å². The van der Waals surface area contributed by atoms with Crippen LogP contribution < -0.4 is 10.7 Å². The van der Waals surface area contributed by atoms with Crippen LogP contribution in [-0.2, 0) is 0 Å². The molecule has 1 aromatic carbocycles. The van der Waals surface area contributed by atoms with Gasteiger partial charge in [0.25, 0.3) is 5.69 Å². The zero-order chi connectivity index (χ0) is 15.1. The highest BCUT2D eigenvalue weighted by molar-refractivity contribution is 7.80. The zero-order valence-corrected chi connectivity index (χ0v) is 11.6. The molecule has 0 aliphatic carbocycles. The van der Waals surface area contributed by atoms with Crippen molar-refractivity contribution in [3.05, 3.63) is 64.5 Å². The second-order valence-electron chi connectivity index (χ2n) is 3.88. The number of pyridine rings is 1. The molecule has 2 aromatic rings. The Kier molecular flexibility index (Phi) is 4.89. The quantitative estimate of drug-likeness (QED) is 0.389. The van der Waals surface area contributed by atoms with Crippen molar-refractivity contribution in [3.63, 3.8) is 0 Å². The fourth-order valence-corrected chi connectivity index (χ4v) is 1.67. The lowest BCUT2D eigenvalue weighted by molar-refractivity contribution is -0.383. The van der Waals surface area contributed by atoms with Gasteiger partial charge in [0.15, 0.2) is 5.11 Å². The monoisotopic (exact) mass is 301 g/mol. The van der Waals surface area contributed by atoms with Crippen molar-refractivity contribution < 1.29 is 4.92 Å². The molecule has 0 unspecified atom stereocenters. The number of nitro benzene ring substituents is 1. The first-order chi connectivity index (χ1) is 10.2. The van der Waals surface area contributed by atoms with E-state index in [1.54, 1.807) is 42.9 Å². The molecule has 2 rings (SSSR count). The fourth-order valence-electron chi connectivity index (χ4n) is 1.51. The minimum absolute atomic E-state index is 0.0575. The van der Waals surface area contributed by atoms with Gasteiger partial charge in [0.2, 0.25) is 0 Å². The van der Waals surface area contributed by atoms with E-state index in [-0.39, 0.29) is 10.8 Å². The van der Waals surface area contributed by atoms with E-state index in [4.69, 9.17) is 12.2 Å². The van der Waals surface area contributed by atoms with Crippen LogP contribution in [0.3, 0.4) is 0 Å². The highest BCUT2D eigenvalue weighted by atomic mass is 32.1. The molecule has 1 heterocycles. The number of hydrazone groups is 1. The molecule has 0 saturated carbocycles. The predicted octanol–water partition coefficient (Wildman–Crippen LogP) is 2.31. The van der Waals surface area contributed by atoms with Gasteiger partial charge in [-0.1, -0.05) is 18.2 Å². The second-order valence-corrected chi connectivity index (χ2v) is 4.29. The van der Waals surface area contributed by atoms with Crippen molar-refractivity contribution in [1.29, 1.82) is 0 Å². The molecule has 2 N–H and O–H groups in total. The molecule has 0 radical (unpaired) electrons. The summed E-state index contributed by atoms with van der Waals surface area (Å²) < 4.78 is 0. The Morgan fingerprint density at radius 1 is 1.33 bits per heavy atom. The summed E-state index contributed by atoms with van der Waals surface area (Å²) in [6.45, 7) is 0. The molecule has 8 heteroatoms. The minimum atomic E-state index is -0.482. The topological polar surface area (TPSA) is 92.5 Å². The van der Waals surface area contributed by atoms with E-state index >= 15 is 0 Å². The van der Waals surface area contributed by atoms with E-state index in [9.17, 15) is 10.1 Å². The summed E-state index contributed by atoms with van der Waals surface area (Å²) in [7, 11) is 0. The third kappa shape index (κ3) is 4.32. The number of thiocarbonyl (C=S) groups is 1. The number of aromatic nitrogens is 1. The first-order valence-corrected chi connectivity index (χ1v) is 6.31. The van der Waals surface area contributed by atoms with Crippen LogP contribution in [0, 0.1) is 10.1 Å². The zero-order valence-electron chi connectivity index (χ0n) is 10.8. The molecule has 0 saturated heterocycles. The van der Waals surface area contributed by atoms with Gasteiger partial charge in [0.05, 0.1) is 11.1 Å². The molecule has 0 fully saturated rings. The highest BCUT2D eigenvalue weighted by Crippen LogP contribution is 2.22. The van der Waals surface area contributed by atoms with Crippen molar-refractivity contribution >= 4 is 34.9 Å². The van der Waals surface area contributed by atoms with Crippen LogP contribution in [-0.4, -0.2) is 21.2 Å². The molecule has 0 aliphatic rings. The van der Waals surface area contributed by atoms with E-state index in [1.807, 2.05) is 6.07 Å². The smallest absolute Gasteiger partial charge is 0.292 e. The number of anilines is 1. The van der Waals surface area contributed by atoms with Crippen LogP contribution in [0.2, 0.25) is 0 Å². The van der Waals surface area contributed by atoms with Crippen molar-refractivity contribution in [1.82, 2.24) is 10.4 Å². The Bertz CT molecular complexity index is 675. The average molecular weight is 301 g/mol. The van der Waals surface area contributed by atoms with Gasteiger partial charge >= 0.3 is 0 Å². The van der Waals surface area contributed by atoms with Gasteiger partial charge in [-0.2, -0.15) is 5.10 Å². The maximum Gasteiger partial charge on any atom is 0.292 e. The van der Waals surface area contributed by atoms with Gasteiger partial charge in [-0.15, -0.1) is 0 Å². The summed E-state index contributed by atoms with van der Waals surface area (Å²) >= 11 is 5.02. The molecular formula is C13H11N5O2S. The molecule has 21 heavy (non-hydrogen) atoms. The normalized spacial score (nSPS) is 10.3. The van der Waals surface area contributed by atoms with E-state index in [2.05, 4.69) is 20.8 Å². The van der Waals surface area contributed by atoms with E-state index in [0.717, 1.165) is 5.56 Å². The third-order valence-corrected chi connectivity index (χ3v) is 2.61. The summed E-state index contributed by atoms with van der Waals surface area (Å²) in [6, 6.07) is 9.83. The predicted molar refractivity (Wildman–Crippen MR) is 84.3 cm³/mol. The summed E-state index contributed by atoms with van der Waals surface area (Å²) in [5.74, 6) is 0. The van der Waals surface area contributed by atoms with E-state index in [1.165, 1.54) is 6.07 Å². The molecule has 0 spiro atoms. The van der Waals surface area contributed by atoms with Gasteiger partial charge in [-0.25, -0.2) is 0 Å². The van der Waals surface area contributed by atoms with Gasteiger partial charge in [-0.05, 0) is 24.4 Å². The van der Waals surface area contributed by atoms with Crippen LogP contribution in [0.1, 0.15) is 5.56 Å². The van der Waals surface area contributed by atoms with Gasteiger partial charge in [-0.3, -0.25) is 20.5 Å². The van der Waals surface area contributed by atoms with E-state index in [0.29, 0.717) is 5.69 Å². The number of nitrogens with one attached hydrogen (secondary N) is 2. The Morgan fingerprint density at radius 3 is 2.86 bits per heavy atom. The molecule has 0 aliphatic heterocycles. The first-order valence-electron chi connectivity index (χ1n) is 5.90. The lowest BCUT2D eigenvalue weighted by Crippen LogP contribution is -2.24. The van der Waals surface area contributed by atoms with Crippen LogP contribution >= 0.6 is 12.2 Å². The maximum absolute atomic E-state index is 10.9.